The van der Waals surface area contributed by atoms with Crippen LogP contribution in [0.4, 0.5) is 0 Å². The normalized spacial score (nSPS) is 12.6. The molecule has 0 aromatic carbocycles. The van der Waals surface area contributed by atoms with Gasteiger partial charge in [0.05, 0.1) is 5.92 Å². The van der Waals surface area contributed by atoms with Crippen molar-refractivity contribution in [2.75, 3.05) is 6.54 Å². The zero-order chi connectivity index (χ0) is 6.57. The number of carbonyl (C=O) groups is 1. The predicted octanol–water partition coefficient (Wildman–Crippen LogP) is -0.168. The van der Waals surface area contributed by atoms with Gasteiger partial charge in [-0.05, 0) is 0 Å². The van der Waals surface area contributed by atoms with Crippen molar-refractivity contribution in [2.24, 2.45) is 11.7 Å². The van der Waals surface area contributed by atoms with Gasteiger partial charge < -0.3 is 10.8 Å². The Balaban J connectivity index is 3.69. The molecule has 46 valence electrons. The number of carboxylic acids is 1. The lowest BCUT2D eigenvalue weighted by Crippen LogP contribution is -2.20. The highest BCUT2D eigenvalue weighted by atomic mass is 16.4. The van der Waals surface area contributed by atoms with Crippen molar-refractivity contribution in [3.05, 3.63) is 12.7 Å². The first-order valence-electron chi connectivity index (χ1n) is 2.27. The fourth-order valence-corrected chi connectivity index (χ4v) is 0.298. The van der Waals surface area contributed by atoms with Gasteiger partial charge in [-0.3, -0.25) is 4.79 Å². The van der Waals surface area contributed by atoms with Crippen molar-refractivity contribution >= 4 is 5.97 Å². The molecule has 0 aliphatic heterocycles. The van der Waals surface area contributed by atoms with Crippen LogP contribution in [0, 0.1) is 5.92 Å². The van der Waals surface area contributed by atoms with Crippen LogP contribution in [0.25, 0.3) is 0 Å². The van der Waals surface area contributed by atoms with Crippen molar-refractivity contribution in [1.29, 1.82) is 0 Å². The van der Waals surface area contributed by atoms with Crippen LogP contribution in [0.3, 0.4) is 0 Å². The molecule has 8 heavy (non-hydrogen) atoms. The molecule has 0 fully saturated rings. The average Bonchev–Trinajstić information content (AvgIpc) is 1.69. The Hall–Kier alpha value is -0.830. The Kier molecular flexibility index (Phi) is 2.88. The second-order valence-electron chi connectivity index (χ2n) is 1.42. The van der Waals surface area contributed by atoms with Crippen molar-refractivity contribution in [1.82, 2.24) is 0 Å². The standard InChI is InChI=1S/C5H9NO2/c1-2-4(3-6)5(7)8/h2,4H,1,3,6H2,(H,7,8)/t4-/m1/s1. The summed E-state index contributed by atoms with van der Waals surface area (Å²) < 4.78 is 0. The summed E-state index contributed by atoms with van der Waals surface area (Å²) in [5, 5.41) is 8.22. The molecule has 3 nitrogen and oxygen atoms in total. The Bertz CT molecular complexity index is 101. The molecule has 0 amide bonds. The Morgan fingerprint density at radius 3 is 2.50 bits per heavy atom. The molecule has 0 aromatic rings. The smallest absolute Gasteiger partial charge is 0.311 e. The molecular weight excluding hydrogens is 106 g/mol. The quantitative estimate of drug-likeness (QED) is 0.502. The zero-order valence-electron chi connectivity index (χ0n) is 4.50. The van der Waals surface area contributed by atoms with Gasteiger partial charge in [0.1, 0.15) is 0 Å². The lowest BCUT2D eigenvalue weighted by molar-refractivity contribution is -0.139. The highest BCUT2D eigenvalue weighted by molar-refractivity contribution is 5.72. The van der Waals surface area contributed by atoms with Crippen LogP contribution in [-0.2, 0) is 4.79 Å². The first kappa shape index (κ1) is 7.17. The van der Waals surface area contributed by atoms with E-state index in [0.717, 1.165) is 0 Å². The van der Waals surface area contributed by atoms with E-state index in [1.54, 1.807) is 0 Å². The van der Waals surface area contributed by atoms with E-state index in [2.05, 4.69) is 6.58 Å². The molecule has 3 N–H and O–H groups in total. The van der Waals surface area contributed by atoms with E-state index >= 15 is 0 Å². The molecule has 0 bridgehead atoms. The van der Waals surface area contributed by atoms with E-state index in [1.807, 2.05) is 0 Å². The number of hydrogen-bond donors (Lipinski definition) is 2. The topological polar surface area (TPSA) is 63.3 Å². The summed E-state index contributed by atoms with van der Waals surface area (Å²) in [4.78, 5) is 10.0. The van der Waals surface area contributed by atoms with Gasteiger partial charge in [-0.25, -0.2) is 0 Å². The molecule has 3 heteroatoms. The average molecular weight is 115 g/mol. The van der Waals surface area contributed by atoms with E-state index in [-0.39, 0.29) is 6.54 Å². The summed E-state index contributed by atoms with van der Waals surface area (Å²) >= 11 is 0. The molecule has 0 heterocycles. The maximum absolute atomic E-state index is 10.0. The van der Waals surface area contributed by atoms with Gasteiger partial charge in [0.25, 0.3) is 0 Å². The zero-order valence-corrected chi connectivity index (χ0v) is 4.50. The molecule has 0 spiro atoms. The van der Waals surface area contributed by atoms with E-state index in [4.69, 9.17) is 10.8 Å². The van der Waals surface area contributed by atoms with Gasteiger partial charge in [-0.2, -0.15) is 0 Å². The van der Waals surface area contributed by atoms with Crippen molar-refractivity contribution < 1.29 is 9.90 Å². The first-order chi connectivity index (χ1) is 3.72. The summed E-state index contributed by atoms with van der Waals surface area (Å²) in [6.45, 7) is 3.42. The minimum atomic E-state index is -0.914. The summed E-state index contributed by atoms with van der Waals surface area (Å²) in [6.07, 6.45) is 1.32. The maximum atomic E-state index is 10.0. The van der Waals surface area contributed by atoms with Gasteiger partial charge >= 0.3 is 5.97 Å². The molecule has 0 aromatic heterocycles. The van der Waals surface area contributed by atoms with Gasteiger partial charge in [0.2, 0.25) is 0 Å². The third-order valence-electron chi connectivity index (χ3n) is 0.856. The Labute approximate surface area is 47.8 Å². The summed E-state index contributed by atoms with van der Waals surface area (Å²) in [7, 11) is 0. The van der Waals surface area contributed by atoms with Crippen molar-refractivity contribution in [2.45, 2.75) is 0 Å². The van der Waals surface area contributed by atoms with Gasteiger partial charge in [0.15, 0.2) is 0 Å². The van der Waals surface area contributed by atoms with Crippen molar-refractivity contribution in [3.8, 4) is 0 Å². The third kappa shape index (κ3) is 1.75. The van der Waals surface area contributed by atoms with Crippen LogP contribution in [0.15, 0.2) is 12.7 Å². The Morgan fingerprint density at radius 1 is 2.00 bits per heavy atom. The fraction of sp³-hybridized carbons (Fsp3) is 0.400. The van der Waals surface area contributed by atoms with Gasteiger partial charge in [-0.1, -0.05) is 6.08 Å². The SMILES string of the molecule is C=C[C@H](CN)C(=O)O. The molecule has 0 saturated carbocycles. The first-order valence-corrected chi connectivity index (χ1v) is 2.27. The molecule has 0 saturated heterocycles. The fourth-order valence-electron chi connectivity index (χ4n) is 0.298. The van der Waals surface area contributed by atoms with Crippen LogP contribution in [0.5, 0.6) is 0 Å². The van der Waals surface area contributed by atoms with Gasteiger partial charge in [0, 0.05) is 6.54 Å². The predicted molar refractivity (Wildman–Crippen MR) is 30.4 cm³/mol. The minimum absolute atomic E-state index is 0.124. The highest BCUT2D eigenvalue weighted by Crippen LogP contribution is 1.92. The van der Waals surface area contributed by atoms with Crippen LogP contribution in [-0.4, -0.2) is 17.6 Å². The van der Waals surface area contributed by atoms with Crippen molar-refractivity contribution in [3.63, 3.8) is 0 Å². The number of aliphatic carboxylic acids is 1. The van der Waals surface area contributed by atoms with E-state index < -0.39 is 11.9 Å². The molecule has 1 atom stereocenters. The number of carboxylic acid groups (broad SMARTS) is 1. The summed E-state index contributed by atoms with van der Waals surface area (Å²) in [5.74, 6) is -1.50. The largest absolute Gasteiger partial charge is 0.481 e. The monoisotopic (exact) mass is 115 g/mol. The van der Waals surface area contributed by atoms with Crippen LogP contribution < -0.4 is 5.73 Å². The van der Waals surface area contributed by atoms with Crippen LogP contribution >= 0.6 is 0 Å². The van der Waals surface area contributed by atoms with Gasteiger partial charge in [-0.15, -0.1) is 6.58 Å². The number of nitrogens with two attached hydrogens (primary N) is 1. The third-order valence-corrected chi connectivity index (χ3v) is 0.856. The van der Waals surface area contributed by atoms with E-state index in [9.17, 15) is 4.79 Å². The number of hydrogen-bond acceptors (Lipinski definition) is 2. The summed E-state index contributed by atoms with van der Waals surface area (Å²) in [6, 6.07) is 0. The summed E-state index contributed by atoms with van der Waals surface area (Å²) in [5.41, 5.74) is 5.03. The molecule has 0 radical (unpaired) electrons. The molecule has 0 aliphatic rings. The van der Waals surface area contributed by atoms with Crippen LogP contribution in [0.2, 0.25) is 0 Å². The lowest BCUT2D eigenvalue weighted by Gasteiger charge is -1.98. The molecular formula is C5H9NO2. The molecule has 0 rings (SSSR count). The molecule has 0 aliphatic carbocycles. The maximum Gasteiger partial charge on any atom is 0.311 e. The van der Waals surface area contributed by atoms with Crippen LogP contribution in [0.1, 0.15) is 0 Å². The van der Waals surface area contributed by atoms with E-state index in [1.165, 1.54) is 6.08 Å². The second-order valence-corrected chi connectivity index (χ2v) is 1.42. The highest BCUT2D eigenvalue weighted by Gasteiger charge is 2.08. The molecule has 0 unspecified atom stereocenters. The lowest BCUT2D eigenvalue weighted by atomic mass is 10.1. The number of rotatable bonds is 3. The minimum Gasteiger partial charge on any atom is -0.481 e. The van der Waals surface area contributed by atoms with E-state index in [0.29, 0.717) is 0 Å². The Morgan fingerprint density at radius 2 is 2.50 bits per heavy atom. The second kappa shape index (κ2) is 3.21.